The molecule has 0 atom stereocenters. The molecule has 0 bridgehead atoms. The maximum atomic E-state index is 12.1. The average Bonchev–Trinajstić information content (AvgIpc) is 2.38. The number of amides is 1. The minimum atomic E-state index is -3.06. The van der Waals surface area contributed by atoms with E-state index >= 15 is 0 Å². The lowest BCUT2D eigenvalue weighted by atomic mass is 10.1. The van der Waals surface area contributed by atoms with Gasteiger partial charge in [0.15, 0.2) is 9.84 Å². The lowest BCUT2D eigenvalue weighted by molar-refractivity contribution is -0.384. The molecule has 0 unspecified atom stereocenters. The quantitative estimate of drug-likeness (QED) is 0.580. The highest BCUT2D eigenvalue weighted by Gasteiger charge is 2.26. The highest BCUT2D eigenvalue weighted by molar-refractivity contribution is 7.91. The normalized spacial score (nSPS) is 18.0. The fourth-order valence-corrected chi connectivity index (χ4v) is 3.05. The molecule has 0 radical (unpaired) electrons. The minimum Gasteiger partial charge on any atom is -0.337 e. The largest absolute Gasteiger partial charge is 0.337 e. The Balaban J connectivity index is 2.16. The first-order chi connectivity index (χ1) is 8.89. The van der Waals surface area contributed by atoms with Crippen molar-refractivity contribution in [2.45, 2.75) is 0 Å². The smallest absolute Gasteiger partial charge is 0.270 e. The van der Waals surface area contributed by atoms with Crippen LogP contribution >= 0.6 is 0 Å². The molecule has 1 fully saturated rings. The van der Waals surface area contributed by atoms with Gasteiger partial charge in [-0.05, 0) is 6.07 Å². The highest BCUT2D eigenvalue weighted by atomic mass is 32.2. The van der Waals surface area contributed by atoms with Crippen LogP contribution in [0, 0.1) is 10.1 Å². The molecule has 1 amide bonds. The van der Waals surface area contributed by atoms with Gasteiger partial charge in [0.1, 0.15) is 0 Å². The molecule has 19 heavy (non-hydrogen) atoms. The molecule has 0 saturated carbocycles. The number of nitrogens with zero attached hydrogens (tertiary/aromatic N) is 2. The first kappa shape index (κ1) is 13.5. The number of carbonyl (C=O) groups is 1. The summed E-state index contributed by atoms with van der Waals surface area (Å²) in [5.41, 5.74) is 0.0454. The zero-order valence-electron chi connectivity index (χ0n) is 9.98. The number of nitro benzene ring substituents is 1. The van der Waals surface area contributed by atoms with Crippen molar-refractivity contribution in [1.82, 2.24) is 4.90 Å². The Bertz CT molecular complexity index is 612. The Hall–Kier alpha value is -1.96. The molecule has 2 rings (SSSR count). The van der Waals surface area contributed by atoms with Crippen LogP contribution in [0.1, 0.15) is 10.4 Å². The van der Waals surface area contributed by atoms with Crippen LogP contribution in [0.4, 0.5) is 5.69 Å². The predicted octanol–water partition coefficient (Wildman–Crippen LogP) is 0.465. The molecule has 7 nitrogen and oxygen atoms in total. The molecule has 1 heterocycles. The third kappa shape index (κ3) is 3.08. The fourth-order valence-electron chi connectivity index (χ4n) is 1.85. The molecule has 0 aliphatic carbocycles. The first-order valence-corrected chi connectivity index (χ1v) is 7.45. The monoisotopic (exact) mass is 284 g/mol. The summed E-state index contributed by atoms with van der Waals surface area (Å²) in [7, 11) is -3.06. The summed E-state index contributed by atoms with van der Waals surface area (Å²) in [5.74, 6) is -0.500. The van der Waals surface area contributed by atoms with Crippen molar-refractivity contribution in [3.63, 3.8) is 0 Å². The van der Waals surface area contributed by atoms with Crippen LogP contribution in [0.5, 0.6) is 0 Å². The van der Waals surface area contributed by atoms with Gasteiger partial charge in [-0.1, -0.05) is 6.07 Å². The Labute approximate surface area is 109 Å². The van der Waals surface area contributed by atoms with Crippen LogP contribution in [0.25, 0.3) is 0 Å². The summed E-state index contributed by atoms with van der Waals surface area (Å²) in [4.78, 5) is 23.6. The second kappa shape index (κ2) is 4.96. The molecule has 1 saturated heterocycles. The van der Waals surface area contributed by atoms with Gasteiger partial charge in [-0.2, -0.15) is 0 Å². The second-order valence-corrected chi connectivity index (χ2v) is 6.56. The van der Waals surface area contributed by atoms with Gasteiger partial charge in [0, 0.05) is 30.8 Å². The summed E-state index contributed by atoms with van der Waals surface area (Å²) in [6.45, 7) is 0.258. The van der Waals surface area contributed by atoms with Crippen LogP contribution in [-0.4, -0.2) is 48.7 Å². The zero-order valence-corrected chi connectivity index (χ0v) is 10.8. The molecule has 8 heteroatoms. The topological polar surface area (TPSA) is 97.6 Å². The molecule has 0 spiro atoms. The predicted molar refractivity (Wildman–Crippen MR) is 67.7 cm³/mol. The highest BCUT2D eigenvalue weighted by Crippen LogP contribution is 2.16. The van der Waals surface area contributed by atoms with Crippen molar-refractivity contribution < 1.29 is 18.1 Å². The van der Waals surface area contributed by atoms with Crippen molar-refractivity contribution >= 4 is 21.4 Å². The third-order valence-corrected chi connectivity index (χ3v) is 4.54. The van der Waals surface area contributed by atoms with Crippen molar-refractivity contribution in [2.75, 3.05) is 24.6 Å². The molecule has 1 aromatic carbocycles. The van der Waals surface area contributed by atoms with Gasteiger partial charge in [0.2, 0.25) is 0 Å². The standard InChI is InChI=1S/C11H12N2O5S/c14-11(12-4-6-19(17,18)7-5-12)9-2-1-3-10(8-9)13(15)16/h1-3,8H,4-7H2. The number of hydrogen-bond acceptors (Lipinski definition) is 5. The second-order valence-electron chi connectivity index (χ2n) is 4.25. The van der Waals surface area contributed by atoms with E-state index in [0.29, 0.717) is 0 Å². The van der Waals surface area contributed by atoms with Crippen molar-refractivity contribution in [3.05, 3.63) is 39.9 Å². The van der Waals surface area contributed by atoms with Crippen molar-refractivity contribution in [2.24, 2.45) is 0 Å². The molecular formula is C11H12N2O5S. The van der Waals surface area contributed by atoms with Crippen LogP contribution in [0.15, 0.2) is 24.3 Å². The van der Waals surface area contributed by atoms with E-state index in [9.17, 15) is 23.3 Å². The van der Waals surface area contributed by atoms with Crippen molar-refractivity contribution in [1.29, 1.82) is 0 Å². The molecule has 1 aromatic rings. The first-order valence-electron chi connectivity index (χ1n) is 5.63. The van der Waals surface area contributed by atoms with Gasteiger partial charge in [-0.3, -0.25) is 14.9 Å². The van der Waals surface area contributed by atoms with E-state index in [-0.39, 0.29) is 41.8 Å². The average molecular weight is 284 g/mol. The number of carbonyl (C=O) groups excluding carboxylic acids is 1. The Morgan fingerprint density at radius 2 is 1.89 bits per heavy atom. The maximum Gasteiger partial charge on any atom is 0.270 e. The number of sulfone groups is 1. The number of benzene rings is 1. The Morgan fingerprint density at radius 3 is 2.47 bits per heavy atom. The third-order valence-electron chi connectivity index (χ3n) is 2.94. The van der Waals surface area contributed by atoms with Crippen LogP contribution in [0.2, 0.25) is 0 Å². The Morgan fingerprint density at radius 1 is 1.26 bits per heavy atom. The molecule has 102 valence electrons. The number of rotatable bonds is 2. The van der Waals surface area contributed by atoms with Gasteiger partial charge < -0.3 is 4.90 Å². The summed E-state index contributed by atoms with van der Waals surface area (Å²) in [6.07, 6.45) is 0. The SMILES string of the molecule is O=C(c1cccc([N+](=O)[O-])c1)N1CCS(=O)(=O)CC1. The number of hydrogen-bond donors (Lipinski definition) is 0. The summed E-state index contributed by atoms with van der Waals surface area (Å²) in [5, 5.41) is 10.6. The molecule has 1 aliphatic heterocycles. The van der Waals surface area contributed by atoms with Crippen LogP contribution in [0.3, 0.4) is 0 Å². The van der Waals surface area contributed by atoms with Gasteiger partial charge >= 0.3 is 0 Å². The Kier molecular flexibility index (Phi) is 3.52. The van der Waals surface area contributed by atoms with E-state index in [1.165, 1.54) is 29.2 Å². The number of non-ortho nitro benzene ring substituents is 1. The fraction of sp³-hybridized carbons (Fsp3) is 0.364. The van der Waals surface area contributed by atoms with Crippen molar-refractivity contribution in [3.8, 4) is 0 Å². The van der Waals surface area contributed by atoms with Gasteiger partial charge in [0.05, 0.1) is 16.4 Å². The van der Waals surface area contributed by atoms with E-state index in [1.807, 2.05) is 0 Å². The summed E-state index contributed by atoms with van der Waals surface area (Å²) >= 11 is 0. The molecule has 1 aliphatic rings. The lowest BCUT2D eigenvalue weighted by Gasteiger charge is -2.26. The lowest BCUT2D eigenvalue weighted by Crippen LogP contribution is -2.43. The van der Waals surface area contributed by atoms with Gasteiger partial charge in [-0.15, -0.1) is 0 Å². The molecular weight excluding hydrogens is 272 g/mol. The number of nitro groups is 1. The summed E-state index contributed by atoms with van der Waals surface area (Å²) < 4.78 is 22.5. The molecule has 0 N–H and O–H groups in total. The van der Waals surface area contributed by atoms with E-state index in [0.717, 1.165) is 0 Å². The molecule has 0 aromatic heterocycles. The van der Waals surface area contributed by atoms with E-state index in [4.69, 9.17) is 0 Å². The van der Waals surface area contributed by atoms with Crippen LogP contribution in [-0.2, 0) is 9.84 Å². The van der Waals surface area contributed by atoms with Gasteiger partial charge in [-0.25, -0.2) is 8.42 Å². The van der Waals surface area contributed by atoms with Crippen LogP contribution < -0.4 is 0 Å². The van der Waals surface area contributed by atoms with E-state index in [2.05, 4.69) is 0 Å². The van der Waals surface area contributed by atoms with E-state index < -0.39 is 14.8 Å². The summed E-state index contributed by atoms with van der Waals surface area (Å²) in [6, 6.07) is 5.42. The zero-order chi connectivity index (χ0) is 14.0. The van der Waals surface area contributed by atoms with E-state index in [1.54, 1.807) is 0 Å². The minimum absolute atomic E-state index is 0.0618. The maximum absolute atomic E-state index is 12.1. The van der Waals surface area contributed by atoms with Gasteiger partial charge in [0.25, 0.3) is 11.6 Å².